The maximum Gasteiger partial charge on any atom is 0.328 e. The Labute approximate surface area is 305 Å². The van der Waals surface area contributed by atoms with Gasteiger partial charge in [-0.1, -0.05) is 82.3 Å². The van der Waals surface area contributed by atoms with Crippen LogP contribution >= 0.6 is 0 Å². The topological polar surface area (TPSA) is 149 Å². The number of carbonyl (C=O) groups excluding carboxylic acids is 3. The molecule has 1 aliphatic heterocycles. The standard InChI is InChI=1S/C39H47N5O7S/c1-26(2)22-42(52(49,50)32-19-17-31(51-5)18-20-32)24-35(45)34(21-28-11-7-6-8-12-28)41-38(47)37(27(3)4)44-25-36(46)43(39(44)48)23-30-16-15-29-13-9-10-14-33(29)40-30/h6-20,26-27,34-35,37,45H,21-25H2,1-5H3,(H,41,47)/t34-,35+,37?/m0/s1. The summed E-state index contributed by atoms with van der Waals surface area (Å²) in [5.74, 6) is -0.981. The van der Waals surface area contributed by atoms with Crippen LogP contribution in [0.15, 0.2) is 95.9 Å². The number of sulfonamides is 1. The molecule has 13 heteroatoms. The molecule has 12 nitrogen and oxygen atoms in total. The molecule has 0 bridgehead atoms. The fourth-order valence-corrected chi connectivity index (χ4v) is 8.05. The van der Waals surface area contributed by atoms with Crippen LogP contribution < -0.4 is 10.1 Å². The Hall–Kier alpha value is -4.85. The highest BCUT2D eigenvalue weighted by Crippen LogP contribution is 2.24. The van der Waals surface area contributed by atoms with Gasteiger partial charge in [0.15, 0.2) is 0 Å². The normalized spacial score (nSPS) is 15.5. The van der Waals surface area contributed by atoms with Gasteiger partial charge < -0.3 is 20.1 Å². The van der Waals surface area contributed by atoms with E-state index < -0.39 is 52.0 Å². The molecule has 0 spiro atoms. The number of imide groups is 1. The number of hydrogen-bond donors (Lipinski definition) is 2. The molecule has 0 saturated carbocycles. The summed E-state index contributed by atoms with van der Waals surface area (Å²) >= 11 is 0. The van der Waals surface area contributed by atoms with Crippen LogP contribution in [0, 0.1) is 11.8 Å². The average Bonchev–Trinajstić information content (AvgIpc) is 3.38. The molecular formula is C39H47N5O7S. The van der Waals surface area contributed by atoms with Crippen LogP contribution in [0.3, 0.4) is 0 Å². The van der Waals surface area contributed by atoms with E-state index in [4.69, 9.17) is 4.74 Å². The SMILES string of the molecule is COc1ccc(S(=O)(=O)N(CC(C)C)C[C@@H](O)[C@H](Cc2ccccc2)NC(=O)C(C(C)C)N2CC(=O)N(Cc3ccc4ccccc4n3)C2=O)cc1. The highest BCUT2D eigenvalue weighted by molar-refractivity contribution is 7.89. The zero-order chi connectivity index (χ0) is 37.6. The summed E-state index contributed by atoms with van der Waals surface area (Å²) in [7, 11) is -2.55. The molecule has 4 aromatic rings. The summed E-state index contributed by atoms with van der Waals surface area (Å²) < 4.78 is 34.2. The molecule has 1 fully saturated rings. The molecule has 276 valence electrons. The van der Waals surface area contributed by atoms with Gasteiger partial charge >= 0.3 is 6.03 Å². The van der Waals surface area contributed by atoms with Crippen molar-refractivity contribution in [2.75, 3.05) is 26.7 Å². The van der Waals surface area contributed by atoms with Crippen molar-refractivity contribution in [3.63, 3.8) is 0 Å². The fourth-order valence-electron chi connectivity index (χ4n) is 6.43. The first-order valence-corrected chi connectivity index (χ1v) is 18.8. The maximum atomic E-state index is 14.2. The first kappa shape index (κ1) is 38.4. The summed E-state index contributed by atoms with van der Waals surface area (Å²) in [5.41, 5.74) is 2.08. The Kier molecular flexibility index (Phi) is 12.3. The molecule has 2 heterocycles. The van der Waals surface area contributed by atoms with Crippen molar-refractivity contribution in [2.24, 2.45) is 11.8 Å². The summed E-state index contributed by atoms with van der Waals surface area (Å²) in [4.78, 5) is 48.2. The van der Waals surface area contributed by atoms with Gasteiger partial charge in [-0.3, -0.25) is 19.5 Å². The first-order valence-electron chi connectivity index (χ1n) is 17.4. The highest BCUT2D eigenvalue weighted by atomic mass is 32.2. The number of aliphatic hydroxyl groups excluding tert-OH is 1. The molecule has 3 atom stereocenters. The van der Waals surface area contributed by atoms with E-state index in [9.17, 15) is 27.9 Å². The third kappa shape index (κ3) is 8.95. The monoisotopic (exact) mass is 729 g/mol. The van der Waals surface area contributed by atoms with Gasteiger partial charge in [0.25, 0.3) is 5.91 Å². The molecule has 1 aliphatic rings. The largest absolute Gasteiger partial charge is 0.497 e. The lowest BCUT2D eigenvalue weighted by Gasteiger charge is -2.34. The van der Waals surface area contributed by atoms with Crippen molar-refractivity contribution in [1.29, 1.82) is 0 Å². The number of methoxy groups -OCH3 is 1. The number of urea groups is 1. The summed E-state index contributed by atoms with van der Waals surface area (Å²) in [6.07, 6.45) is -1.15. The van der Waals surface area contributed by atoms with E-state index in [1.54, 1.807) is 32.0 Å². The van der Waals surface area contributed by atoms with Crippen LogP contribution in [0.2, 0.25) is 0 Å². The van der Waals surface area contributed by atoms with Gasteiger partial charge in [0, 0.05) is 18.5 Å². The van der Waals surface area contributed by atoms with Crippen molar-refractivity contribution < 1.29 is 32.6 Å². The van der Waals surface area contributed by atoms with E-state index in [1.165, 1.54) is 28.4 Å². The molecular weight excluding hydrogens is 683 g/mol. The molecule has 0 aliphatic carbocycles. The van der Waals surface area contributed by atoms with Gasteiger partial charge in [-0.2, -0.15) is 4.31 Å². The molecule has 3 aromatic carbocycles. The third-order valence-corrected chi connectivity index (χ3v) is 10.9. The molecule has 5 rings (SSSR count). The van der Waals surface area contributed by atoms with Crippen LogP contribution in [-0.2, 0) is 32.6 Å². The summed E-state index contributed by atoms with van der Waals surface area (Å²) in [6, 6.07) is 23.9. The fraction of sp³-hybridized carbons (Fsp3) is 0.385. The number of nitrogens with zero attached hydrogens (tertiary/aromatic N) is 4. The van der Waals surface area contributed by atoms with Crippen molar-refractivity contribution >= 4 is 38.8 Å². The van der Waals surface area contributed by atoms with Crippen LogP contribution in [0.1, 0.15) is 39.0 Å². The molecule has 0 radical (unpaired) electrons. The Bertz CT molecular complexity index is 1970. The van der Waals surface area contributed by atoms with Gasteiger partial charge in [0.2, 0.25) is 15.9 Å². The Balaban J connectivity index is 1.37. The van der Waals surface area contributed by atoms with Gasteiger partial charge in [0.05, 0.1) is 41.9 Å². The summed E-state index contributed by atoms with van der Waals surface area (Å²) in [5, 5.41) is 15.6. The number of fused-ring (bicyclic) bond motifs is 1. The minimum atomic E-state index is -4.05. The number of aromatic nitrogens is 1. The molecule has 1 aromatic heterocycles. The van der Waals surface area contributed by atoms with Crippen LogP contribution in [0.4, 0.5) is 4.79 Å². The van der Waals surface area contributed by atoms with Crippen molar-refractivity contribution in [1.82, 2.24) is 24.4 Å². The van der Waals surface area contributed by atoms with Gasteiger partial charge in [-0.15, -0.1) is 0 Å². The Morgan fingerprint density at radius 2 is 1.60 bits per heavy atom. The number of ether oxygens (including phenoxy) is 1. The highest BCUT2D eigenvalue weighted by Gasteiger charge is 2.44. The number of carbonyl (C=O) groups is 3. The van der Waals surface area contributed by atoms with Crippen LogP contribution in [0.25, 0.3) is 10.9 Å². The second kappa shape index (κ2) is 16.7. The van der Waals surface area contributed by atoms with Crippen molar-refractivity contribution in [3.05, 3.63) is 102 Å². The van der Waals surface area contributed by atoms with Gasteiger partial charge in [-0.25, -0.2) is 13.2 Å². The molecule has 1 unspecified atom stereocenters. The molecule has 52 heavy (non-hydrogen) atoms. The third-order valence-electron chi connectivity index (χ3n) is 9.04. The average molecular weight is 730 g/mol. The van der Waals surface area contributed by atoms with E-state index in [0.717, 1.165) is 21.4 Å². The van der Waals surface area contributed by atoms with Crippen molar-refractivity contribution in [3.8, 4) is 5.75 Å². The minimum absolute atomic E-state index is 0.0465. The van der Waals surface area contributed by atoms with Crippen molar-refractivity contribution in [2.45, 2.75) is 63.7 Å². The van der Waals surface area contributed by atoms with E-state index in [2.05, 4.69) is 10.3 Å². The second-order valence-electron chi connectivity index (χ2n) is 13.8. The quantitative estimate of drug-likeness (QED) is 0.161. The van der Waals surface area contributed by atoms with E-state index >= 15 is 0 Å². The molecule has 2 N–H and O–H groups in total. The number of benzene rings is 3. The number of para-hydroxylation sites is 1. The van der Waals surface area contributed by atoms with Crippen LogP contribution in [0.5, 0.6) is 5.75 Å². The lowest BCUT2D eigenvalue weighted by atomic mass is 9.97. The lowest BCUT2D eigenvalue weighted by Crippen LogP contribution is -2.57. The zero-order valence-electron chi connectivity index (χ0n) is 30.2. The zero-order valence-corrected chi connectivity index (χ0v) is 31.0. The number of aliphatic hydroxyl groups is 1. The predicted octanol–water partition coefficient (Wildman–Crippen LogP) is 4.47. The van der Waals surface area contributed by atoms with Gasteiger partial charge in [-0.05, 0) is 60.2 Å². The summed E-state index contributed by atoms with van der Waals surface area (Å²) in [6.45, 7) is 6.81. The smallest absolute Gasteiger partial charge is 0.328 e. The van der Waals surface area contributed by atoms with E-state index in [0.29, 0.717) is 11.4 Å². The van der Waals surface area contributed by atoms with E-state index in [1.807, 2.05) is 74.5 Å². The number of amides is 4. The first-order chi connectivity index (χ1) is 24.8. The maximum absolute atomic E-state index is 14.2. The van der Waals surface area contributed by atoms with Crippen LogP contribution in [-0.4, -0.2) is 95.4 Å². The van der Waals surface area contributed by atoms with Gasteiger partial charge in [0.1, 0.15) is 18.3 Å². The number of nitrogens with one attached hydrogen (secondary N) is 1. The number of rotatable bonds is 16. The number of hydrogen-bond acceptors (Lipinski definition) is 8. The molecule has 4 amide bonds. The minimum Gasteiger partial charge on any atom is -0.497 e. The van der Waals surface area contributed by atoms with E-state index in [-0.39, 0.29) is 43.4 Å². The predicted molar refractivity (Wildman–Crippen MR) is 198 cm³/mol. The Morgan fingerprint density at radius 3 is 2.25 bits per heavy atom. The Morgan fingerprint density at radius 1 is 0.923 bits per heavy atom. The second-order valence-corrected chi connectivity index (χ2v) is 15.8. The molecule has 1 saturated heterocycles. The number of pyridine rings is 1. The lowest BCUT2D eigenvalue weighted by molar-refractivity contribution is -0.129.